The van der Waals surface area contributed by atoms with Gasteiger partial charge in [-0.15, -0.1) is 0 Å². The third kappa shape index (κ3) is 2.76. The van der Waals surface area contributed by atoms with E-state index in [0.717, 1.165) is 24.2 Å². The van der Waals surface area contributed by atoms with Crippen molar-refractivity contribution in [3.63, 3.8) is 0 Å². The van der Waals surface area contributed by atoms with Crippen LogP contribution in [0.1, 0.15) is 29.4 Å². The smallest absolute Gasteiger partial charge is 0.324 e. The Kier molecular flexibility index (Phi) is 4.16. The molecule has 1 aromatic rings. The van der Waals surface area contributed by atoms with Crippen molar-refractivity contribution >= 4 is 22.2 Å². The molecule has 19 heavy (non-hydrogen) atoms. The van der Waals surface area contributed by atoms with E-state index in [4.69, 9.17) is 5.73 Å². The van der Waals surface area contributed by atoms with E-state index in [2.05, 4.69) is 6.92 Å². The van der Waals surface area contributed by atoms with Gasteiger partial charge in [-0.25, -0.2) is 0 Å². The number of carbonyl (C=O) groups excluding carboxylic acids is 1. The average molecular weight is 283 g/mol. The van der Waals surface area contributed by atoms with Crippen LogP contribution in [0.5, 0.6) is 0 Å². The summed E-state index contributed by atoms with van der Waals surface area (Å²) in [5.74, 6) is 0.234. The van der Waals surface area contributed by atoms with Crippen molar-refractivity contribution < 1.29 is 9.72 Å². The Morgan fingerprint density at radius 3 is 2.95 bits per heavy atom. The summed E-state index contributed by atoms with van der Waals surface area (Å²) in [5.41, 5.74) is 5.75. The van der Waals surface area contributed by atoms with Gasteiger partial charge in [0.2, 0.25) is 0 Å². The van der Waals surface area contributed by atoms with Crippen LogP contribution >= 0.6 is 11.3 Å². The van der Waals surface area contributed by atoms with Gasteiger partial charge in [0, 0.05) is 25.2 Å². The Hall–Kier alpha value is -1.47. The Labute approximate surface area is 115 Å². The quantitative estimate of drug-likeness (QED) is 0.677. The Morgan fingerprint density at radius 2 is 2.37 bits per heavy atom. The Balaban J connectivity index is 2.19. The lowest BCUT2D eigenvalue weighted by Crippen LogP contribution is -2.51. The first kappa shape index (κ1) is 14.0. The van der Waals surface area contributed by atoms with Crippen LogP contribution in [0.3, 0.4) is 0 Å². The first-order chi connectivity index (χ1) is 9.04. The normalized spacial score (nSPS) is 23.4. The van der Waals surface area contributed by atoms with Crippen LogP contribution in [0.4, 0.5) is 5.00 Å². The standard InChI is InChI=1S/C12H17N3O3S/c1-8-3-2-6-14(9(8)7-13)12(16)10-4-5-11(19-10)15(17)18/h4-5,8-9H,2-3,6-7,13H2,1H3. The van der Waals surface area contributed by atoms with Gasteiger partial charge in [-0.3, -0.25) is 14.9 Å². The SMILES string of the molecule is CC1CCCN(C(=O)c2ccc([N+](=O)[O-])s2)C1CN. The van der Waals surface area contributed by atoms with Crippen molar-refractivity contribution in [1.29, 1.82) is 0 Å². The monoisotopic (exact) mass is 283 g/mol. The van der Waals surface area contributed by atoms with Crippen molar-refractivity contribution in [2.75, 3.05) is 13.1 Å². The number of nitro groups is 1. The molecule has 0 bridgehead atoms. The molecular formula is C12H17N3O3S. The minimum absolute atomic E-state index is 0.00212. The van der Waals surface area contributed by atoms with Crippen LogP contribution in [-0.2, 0) is 0 Å². The molecule has 0 saturated carbocycles. The van der Waals surface area contributed by atoms with Gasteiger partial charge in [-0.05, 0) is 24.8 Å². The van der Waals surface area contributed by atoms with Crippen LogP contribution in [0.2, 0.25) is 0 Å². The first-order valence-electron chi connectivity index (χ1n) is 6.30. The molecule has 104 valence electrons. The zero-order valence-electron chi connectivity index (χ0n) is 10.7. The van der Waals surface area contributed by atoms with E-state index in [1.54, 1.807) is 4.90 Å². The number of hydrogen-bond acceptors (Lipinski definition) is 5. The molecular weight excluding hydrogens is 266 g/mol. The molecule has 2 unspecified atom stereocenters. The van der Waals surface area contributed by atoms with Crippen molar-refractivity contribution in [3.8, 4) is 0 Å². The molecule has 1 amide bonds. The summed E-state index contributed by atoms with van der Waals surface area (Å²) in [7, 11) is 0. The maximum Gasteiger partial charge on any atom is 0.324 e. The molecule has 1 fully saturated rings. The Bertz CT molecular complexity index is 488. The number of rotatable bonds is 3. The largest absolute Gasteiger partial charge is 0.333 e. The van der Waals surface area contributed by atoms with Crippen molar-refractivity contribution in [1.82, 2.24) is 4.90 Å². The van der Waals surface area contributed by atoms with Gasteiger partial charge in [-0.1, -0.05) is 18.3 Å². The molecule has 0 aliphatic carbocycles. The fourth-order valence-electron chi connectivity index (χ4n) is 2.54. The van der Waals surface area contributed by atoms with Gasteiger partial charge >= 0.3 is 5.00 Å². The molecule has 6 nitrogen and oxygen atoms in total. The second kappa shape index (κ2) is 5.66. The first-order valence-corrected chi connectivity index (χ1v) is 7.11. The maximum absolute atomic E-state index is 12.4. The molecule has 2 N–H and O–H groups in total. The van der Waals surface area contributed by atoms with Gasteiger partial charge in [0.05, 0.1) is 9.80 Å². The molecule has 1 saturated heterocycles. The molecule has 7 heteroatoms. The summed E-state index contributed by atoms with van der Waals surface area (Å²) in [6, 6.07) is 2.93. The summed E-state index contributed by atoms with van der Waals surface area (Å²) in [4.78, 5) is 24.8. The van der Waals surface area contributed by atoms with E-state index in [-0.39, 0.29) is 17.0 Å². The fourth-order valence-corrected chi connectivity index (χ4v) is 3.32. The molecule has 2 rings (SSSR count). The van der Waals surface area contributed by atoms with E-state index in [0.29, 0.717) is 23.9 Å². The highest BCUT2D eigenvalue weighted by atomic mass is 32.1. The molecule has 2 heterocycles. The zero-order valence-corrected chi connectivity index (χ0v) is 11.6. The summed E-state index contributed by atoms with van der Waals surface area (Å²) >= 11 is 0.925. The summed E-state index contributed by atoms with van der Waals surface area (Å²) in [5, 5.41) is 10.7. The molecule has 1 aromatic heterocycles. The zero-order chi connectivity index (χ0) is 14.0. The number of nitrogens with zero attached hydrogens (tertiary/aromatic N) is 2. The molecule has 0 spiro atoms. The molecule has 1 aliphatic heterocycles. The average Bonchev–Trinajstić information content (AvgIpc) is 2.87. The predicted octanol–water partition coefficient (Wildman–Crippen LogP) is 1.86. The fraction of sp³-hybridized carbons (Fsp3) is 0.583. The number of nitrogens with two attached hydrogens (primary N) is 1. The highest BCUT2D eigenvalue weighted by molar-refractivity contribution is 7.17. The third-order valence-electron chi connectivity index (χ3n) is 3.60. The lowest BCUT2D eigenvalue weighted by molar-refractivity contribution is -0.380. The van der Waals surface area contributed by atoms with Crippen LogP contribution in [0.25, 0.3) is 0 Å². The van der Waals surface area contributed by atoms with Gasteiger partial charge in [0.15, 0.2) is 0 Å². The molecule has 0 radical (unpaired) electrons. The van der Waals surface area contributed by atoms with Crippen molar-refractivity contribution in [2.24, 2.45) is 11.7 Å². The third-order valence-corrected chi connectivity index (χ3v) is 4.63. The van der Waals surface area contributed by atoms with Gasteiger partial charge < -0.3 is 10.6 Å². The number of carbonyl (C=O) groups is 1. The second-order valence-electron chi connectivity index (χ2n) is 4.82. The van der Waals surface area contributed by atoms with Crippen molar-refractivity contribution in [3.05, 3.63) is 27.1 Å². The van der Waals surface area contributed by atoms with Crippen molar-refractivity contribution in [2.45, 2.75) is 25.8 Å². The number of hydrogen-bond donors (Lipinski definition) is 1. The summed E-state index contributed by atoms with van der Waals surface area (Å²) in [6.07, 6.45) is 2.02. The topological polar surface area (TPSA) is 89.5 Å². The highest BCUT2D eigenvalue weighted by Gasteiger charge is 2.32. The summed E-state index contributed by atoms with van der Waals surface area (Å²) < 4.78 is 0. The molecule has 0 aromatic carbocycles. The minimum atomic E-state index is -0.472. The van der Waals surface area contributed by atoms with Crippen LogP contribution in [-0.4, -0.2) is 34.9 Å². The molecule has 2 atom stereocenters. The maximum atomic E-state index is 12.4. The van der Waals surface area contributed by atoms with Crippen LogP contribution in [0, 0.1) is 16.0 Å². The van der Waals surface area contributed by atoms with E-state index in [9.17, 15) is 14.9 Å². The predicted molar refractivity (Wildman–Crippen MR) is 73.3 cm³/mol. The number of thiophene rings is 1. The lowest BCUT2D eigenvalue weighted by Gasteiger charge is -2.39. The summed E-state index contributed by atoms with van der Waals surface area (Å²) in [6.45, 7) is 3.20. The van der Waals surface area contributed by atoms with Gasteiger partial charge in [0.25, 0.3) is 5.91 Å². The minimum Gasteiger partial charge on any atom is -0.333 e. The Morgan fingerprint density at radius 1 is 1.63 bits per heavy atom. The van der Waals surface area contributed by atoms with Crippen LogP contribution < -0.4 is 5.73 Å². The van der Waals surface area contributed by atoms with E-state index < -0.39 is 4.92 Å². The number of piperidine rings is 1. The number of amides is 1. The highest BCUT2D eigenvalue weighted by Crippen LogP contribution is 2.29. The second-order valence-corrected chi connectivity index (χ2v) is 5.88. The van der Waals surface area contributed by atoms with Gasteiger partial charge in [-0.2, -0.15) is 0 Å². The number of likely N-dealkylation sites (tertiary alicyclic amines) is 1. The van der Waals surface area contributed by atoms with E-state index >= 15 is 0 Å². The van der Waals surface area contributed by atoms with E-state index in [1.807, 2.05) is 0 Å². The van der Waals surface area contributed by atoms with Gasteiger partial charge in [0.1, 0.15) is 0 Å². The molecule has 1 aliphatic rings. The lowest BCUT2D eigenvalue weighted by atomic mass is 9.90. The van der Waals surface area contributed by atoms with E-state index in [1.165, 1.54) is 12.1 Å². The van der Waals surface area contributed by atoms with Crippen LogP contribution in [0.15, 0.2) is 12.1 Å².